The van der Waals surface area contributed by atoms with E-state index in [9.17, 15) is 4.79 Å². The molecule has 1 saturated heterocycles. The SMILES string of the molecule is CCC(=O)Nc1ccc(N2CC[NH+](CC)CC2)c(Cl)c1. The van der Waals surface area contributed by atoms with Crippen molar-refractivity contribution in [2.24, 2.45) is 0 Å². The third kappa shape index (κ3) is 3.64. The van der Waals surface area contributed by atoms with Crippen LogP contribution in [-0.4, -0.2) is 38.6 Å². The van der Waals surface area contributed by atoms with Crippen LogP contribution in [0, 0.1) is 0 Å². The molecule has 0 aromatic heterocycles. The summed E-state index contributed by atoms with van der Waals surface area (Å²) in [5.74, 6) is 0.00831. The number of hydrogen-bond acceptors (Lipinski definition) is 2. The summed E-state index contributed by atoms with van der Waals surface area (Å²) in [7, 11) is 0. The van der Waals surface area contributed by atoms with Crippen LogP contribution in [-0.2, 0) is 4.79 Å². The van der Waals surface area contributed by atoms with Crippen molar-refractivity contribution in [1.29, 1.82) is 0 Å². The van der Waals surface area contributed by atoms with Crippen molar-refractivity contribution in [3.8, 4) is 0 Å². The molecule has 1 heterocycles. The molecule has 1 aromatic carbocycles. The van der Waals surface area contributed by atoms with E-state index >= 15 is 0 Å². The van der Waals surface area contributed by atoms with E-state index in [1.807, 2.05) is 25.1 Å². The molecule has 110 valence electrons. The lowest BCUT2D eigenvalue weighted by Gasteiger charge is -2.33. The van der Waals surface area contributed by atoms with Gasteiger partial charge in [-0.25, -0.2) is 0 Å². The van der Waals surface area contributed by atoms with Gasteiger partial charge in [-0.05, 0) is 25.1 Å². The van der Waals surface area contributed by atoms with Crippen molar-refractivity contribution in [3.05, 3.63) is 23.2 Å². The molecule has 2 N–H and O–H groups in total. The van der Waals surface area contributed by atoms with E-state index in [-0.39, 0.29) is 5.91 Å². The van der Waals surface area contributed by atoms with E-state index in [1.165, 1.54) is 6.54 Å². The highest BCUT2D eigenvalue weighted by Crippen LogP contribution is 2.28. The number of benzene rings is 1. The Kier molecular flexibility index (Phi) is 5.26. The Hall–Kier alpha value is -1.26. The lowest BCUT2D eigenvalue weighted by atomic mass is 10.2. The zero-order chi connectivity index (χ0) is 14.5. The fraction of sp³-hybridized carbons (Fsp3) is 0.533. The first-order valence-corrected chi connectivity index (χ1v) is 7.69. The van der Waals surface area contributed by atoms with Crippen LogP contribution in [0.25, 0.3) is 0 Å². The number of amides is 1. The van der Waals surface area contributed by atoms with E-state index in [2.05, 4.69) is 17.1 Å². The molecule has 1 amide bonds. The Morgan fingerprint density at radius 1 is 1.35 bits per heavy atom. The average molecular weight is 297 g/mol. The minimum atomic E-state index is 0.00831. The molecule has 0 atom stereocenters. The highest BCUT2D eigenvalue weighted by molar-refractivity contribution is 6.33. The quantitative estimate of drug-likeness (QED) is 0.881. The summed E-state index contributed by atoms with van der Waals surface area (Å²) in [6.45, 7) is 9.61. The molecule has 1 aromatic rings. The summed E-state index contributed by atoms with van der Waals surface area (Å²) in [6, 6.07) is 5.77. The predicted molar refractivity (Wildman–Crippen MR) is 83.8 cm³/mol. The molecular formula is C15H23ClN3O+. The minimum absolute atomic E-state index is 0.00831. The predicted octanol–water partition coefficient (Wildman–Crippen LogP) is 1.41. The zero-order valence-corrected chi connectivity index (χ0v) is 13.0. The number of carbonyl (C=O) groups is 1. The lowest BCUT2D eigenvalue weighted by Crippen LogP contribution is -3.14. The van der Waals surface area contributed by atoms with Gasteiger partial charge in [-0.2, -0.15) is 0 Å². The number of nitrogens with zero attached hydrogens (tertiary/aromatic N) is 1. The molecule has 0 unspecified atom stereocenters. The van der Waals surface area contributed by atoms with Gasteiger partial charge < -0.3 is 15.1 Å². The van der Waals surface area contributed by atoms with Crippen LogP contribution < -0.4 is 15.1 Å². The Morgan fingerprint density at radius 2 is 2.05 bits per heavy atom. The number of nitrogens with one attached hydrogen (secondary N) is 2. The summed E-state index contributed by atoms with van der Waals surface area (Å²) in [4.78, 5) is 15.3. The van der Waals surface area contributed by atoms with E-state index in [0.29, 0.717) is 11.4 Å². The third-order valence-electron chi connectivity index (χ3n) is 3.86. The molecule has 1 fully saturated rings. The smallest absolute Gasteiger partial charge is 0.224 e. The van der Waals surface area contributed by atoms with Crippen LogP contribution >= 0.6 is 11.6 Å². The number of halogens is 1. The van der Waals surface area contributed by atoms with Crippen molar-refractivity contribution < 1.29 is 9.69 Å². The molecule has 0 spiro atoms. The molecule has 0 radical (unpaired) electrons. The van der Waals surface area contributed by atoms with Gasteiger partial charge in [0.2, 0.25) is 5.91 Å². The first-order chi connectivity index (χ1) is 9.63. The highest BCUT2D eigenvalue weighted by atomic mass is 35.5. The number of quaternary nitrogens is 1. The van der Waals surface area contributed by atoms with E-state index in [1.54, 1.807) is 4.90 Å². The molecule has 4 nitrogen and oxygen atoms in total. The number of likely N-dealkylation sites (N-methyl/N-ethyl adjacent to an activating group) is 1. The Labute approximate surface area is 125 Å². The molecule has 20 heavy (non-hydrogen) atoms. The van der Waals surface area contributed by atoms with E-state index in [4.69, 9.17) is 11.6 Å². The summed E-state index contributed by atoms with van der Waals surface area (Å²) in [5, 5.41) is 3.54. The van der Waals surface area contributed by atoms with Crippen molar-refractivity contribution >= 4 is 28.9 Å². The van der Waals surface area contributed by atoms with Crippen molar-refractivity contribution in [2.45, 2.75) is 20.3 Å². The van der Waals surface area contributed by atoms with Gasteiger partial charge in [0.05, 0.1) is 43.4 Å². The van der Waals surface area contributed by atoms with Crippen LogP contribution in [0.4, 0.5) is 11.4 Å². The van der Waals surface area contributed by atoms with Gasteiger partial charge >= 0.3 is 0 Å². The van der Waals surface area contributed by atoms with Gasteiger partial charge in [-0.15, -0.1) is 0 Å². The second-order valence-electron chi connectivity index (χ2n) is 5.16. The average Bonchev–Trinajstić information content (AvgIpc) is 2.47. The standard InChI is InChI=1S/C15H22ClN3O/c1-3-15(20)17-12-5-6-14(13(16)11-12)19-9-7-18(4-2)8-10-19/h5-6,11H,3-4,7-10H2,1-2H3,(H,17,20)/p+1. The van der Waals surface area contributed by atoms with Crippen LogP contribution in [0.1, 0.15) is 20.3 Å². The molecular weight excluding hydrogens is 274 g/mol. The molecule has 1 aliphatic rings. The van der Waals surface area contributed by atoms with Crippen LogP contribution in [0.5, 0.6) is 0 Å². The molecule has 1 aliphatic heterocycles. The maximum atomic E-state index is 11.4. The van der Waals surface area contributed by atoms with Crippen molar-refractivity contribution in [2.75, 3.05) is 42.9 Å². The minimum Gasteiger partial charge on any atom is -0.359 e. The normalized spacial score (nSPS) is 16.2. The number of carbonyl (C=O) groups excluding carboxylic acids is 1. The zero-order valence-electron chi connectivity index (χ0n) is 12.2. The maximum Gasteiger partial charge on any atom is 0.224 e. The van der Waals surface area contributed by atoms with Gasteiger partial charge in [-0.3, -0.25) is 4.79 Å². The molecule has 5 heteroatoms. The van der Waals surface area contributed by atoms with Crippen molar-refractivity contribution in [1.82, 2.24) is 0 Å². The fourth-order valence-corrected chi connectivity index (χ4v) is 2.81. The van der Waals surface area contributed by atoms with Gasteiger partial charge in [0, 0.05) is 12.1 Å². The van der Waals surface area contributed by atoms with E-state index < -0.39 is 0 Å². The fourth-order valence-electron chi connectivity index (χ4n) is 2.51. The largest absolute Gasteiger partial charge is 0.359 e. The van der Waals surface area contributed by atoms with Gasteiger partial charge in [0.1, 0.15) is 0 Å². The number of piperazine rings is 1. The number of rotatable bonds is 4. The highest BCUT2D eigenvalue weighted by Gasteiger charge is 2.20. The van der Waals surface area contributed by atoms with Crippen LogP contribution in [0.15, 0.2) is 18.2 Å². The Morgan fingerprint density at radius 3 is 2.60 bits per heavy atom. The van der Waals surface area contributed by atoms with Crippen LogP contribution in [0.2, 0.25) is 5.02 Å². The second kappa shape index (κ2) is 6.95. The Bertz CT molecular complexity index is 470. The van der Waals surface area contributed by atoms with Gasteiger partial charge in [0.15, 0.2) is 0 Å². The summed E-state index contributed by atoms with van der Waals surface area (Å²) < 4.78 is 0. The number of hydrogen-bond donors (Lipinski definition) is 2. The van der Waals surface area contributed by atoms with Gasteiger partial charge in [-0.1, -0.05) is 18.5 Å². The first kappa shape index (κ1) is 15.1. The summed E-state index contributed by atoms with van der Waals surface area (Å²) in [6.07, 6.45) is 0.473. The van der Waals surface area contributed by atoms with Crippen molar-refractivity contribution in [3.63, 3.8) is 0 Å². The molecule has 2 rings (SSSR count). The lowest BCUT2D eigenvalue weighted by molar-refractivity contribution is -0.898. The second-order valence-corrected chi connectivity index (χ2v) is 5.57. The molecule has 0 saturated carbocycles. The molecule has 0 bridgehead atoms. The molecule has 0 aliphatic carbocycles. The summed E-state index contributed by atoms with van der Waals surface area (Å²) in [5.41, 5.74) is 1.83. The first-order valence-electron chi connectivity index (χ1n) is 7.32. The maximum absolute atomic E-state index is 11.4. The van der Waals surface area contributed by atoms with E-state index in [0.717, 1.165) is 37.6 Å². The third-order valence-corrected chi connectivity index (χ3v) is 4.17. The van der Waals surface area contributed by atoms with Gasteiger partial charge in [0.25, 0.3) is 0 Å². The number of anilines is 2. The van der Waals surface area contributed by atoms with Crippen LogP contribution in [0.3, 0.4) is 0 Å². The topological polar surface area (TPSA) is 36.8 Å². The Balaban J connectivity index is 2.04. The monoisotopic (exact) mass is 296 g/mol. The summed E-state index contributed by atoms with van der Waals surface area (Å²) >= 11 is 6.36.